The van der Waals surface area contributed by atoms with Crippen molar-refractivity contribution in [2.75, 3.05) is 19.6 Å². The number of aromatic nitrogens is 2. The van der Waals surface area contributed by atoms with Gasteiger partial charge in [0.15, 0.2) is 5.69 Å². The number of benzene rings is 1. The minimum atomic E-state index is -4.86. The fraction of sp³-hybridized carbons (Fsp3) is 0.333. The van der Waals surface area contributed by atoms with Gasteiger partial charge in [-0.05, 0) is 12.1 Å². The van der Waals surface area contributed by atoms with E-state index in [0.717, 1.165) is 12.3 Å². The highest BCUT2D eigenvalue weighted by Gasteiger charge is 2.41. The molecule has 1 aromatic carbocycles. The van der Waals surface area contributed by atoms with Crippen LogP contribution < -0.4 is 10.6 Å². The van der Waals surface area contributed by atoms with Crippen LogP contribution in [0.25, 0.3) is 5.69 Å². The van der Waals surface area contributed by atoms with E-state index in [1.807, 2.05) is 0 Å². The van der Waals surface area contributed by atoms with Crippen LogP contribution in [0.3, 0.4) is 0 Å². The molecule has 1 aliphatic rings. The molecule has 3 rings (SSSR count). The standard InChI is InChI=1S/C15H14F4N4O.ClH/c16-11-3-1-2-4-12(11)23-13(15(17,18)19)10(8-22-23)14(24)21-7-9-5-20-6-9;/h1-4,8-9,20H,5-7H2,(H,21,24);1H. The Balaban J connectivity index is 0.00000225. The van der Waals surface area contributed by atoms with Crippen molar-refractivity contribution >= 4 is 18.3 Å². The Kier molecular flexibility index (Phi) is 5.69. The number of halogens is 5. The minimum Gasteiger partial charge on any atom is -0.352 e. The molecule has 10 heteroatoms. The topological polar surface area (TPSA) is 59.0 Å². The first-order valence-corrected chi connectivity index (χ1v) is 7.27. The molecule has 2 heterocycles. The van der Waals surface area contributed by atoms with E-state index < -0.39 is 29.2 Å². The van der Waals surface area contributed by atoms with E-state index in [4.69, 9.17) is 0 Å². The Labute approximate surface area is 146 Å². The van der Waals surface area contributed by atoms with E-state index in [0.29, 0.717) is 17.8 Å². The summed E-state index contributed by atoms with van der Waals surface area (Å²) in [5.74, 6) is -1.54. The molecule has 0 atom stereocenters. The molecule has 25 heavy (non-hydrogen) atoms. The van der Waals surface area contributed by atoms with Gasteiger partial charge in [0.2, 0.25) is 0 Å². The lowest BCUT2D eigenvalue weighted by atomic mass is 10.0. The molecule has 2 N–H and O–H groups in total. The highest BCUT2D eigenvalue weighted by molar-refractivity contribution is 5.95. The molecule has 0 aliphatic carbocycles. The van der Waals surface area contributed by atoms with Gasteiger partial charge in [0.25, 0.3) is 5.91 Å². The van der Waals surface area contributed by atoms with Crippen molar-refractivity contribution in [3.05, 3.63) is 47.5 Å². The number of carbonyl (C=O) groups is 1. The summed E-state index contributed by atoms with van der Waals surface area (Å²) in [5.41, 5.74) is -2.29. The molecule has 0 spiro atoms. The third kappa shape index (κ3) is 3.93. The number of hydrogen-bond acceptors (Lipinski definition) is 3. The van der Waals surface area contributed by atoms with Gasteiger partial charge < -0.3 is 10.6 Å². The summed E-state index contributed by atoms with van der Waals surface area (Å²) in [5, 5.41) is 9.05. The zero-order valence-corrected chi connectivity index (χ0v) is 13.6. The van der Waals surface area contributed by atoms with Crippen LogP contribution in [0.2, 0.25) is 0 Å². The van der Waals surface area contributed by atoms with Gasteiger partial charge in [0, 0.05) is 25.6 Å². The highest BCUT2D eigenvalue weighted by atomic mass is 35.5. The second-order valence-electron chi connectivity index (χ2n) is 5.50. The average molecular weight is 379 g/mol. The number of rotatable bonds is 4. The molecule has 0 bridgehead atoms. The molecule has 2 aromatic rings. The number of para-hydroxylation sites is 1. The van der Waals surface area contributed by atoms with E-state index in [9.17, 15) is 22.4 Å². The SMILES string of the molecule is Cl.O=C(NCC1CNC1)c1cnn(-c2ccccc2F)c1C(F)(F)F. The van der Waals surface area contributed by atoms with Crippen LogP contribution in [0.5, 0.6) is 0 Å². The normalized spacial score (nSPS) is 14.6. The first-order valence-electron chi connectivity index (χ1n) is 7.27. The summed E-state index contributed by atoms with van der Waals surface area (Å²) in [7, 11) is 0. The molecule has 5 nitrogen and oxygen atoms in total. The predicted octanol–water partition coefficient (Wildman–Crippen LogP) is 2.40. The monoisotopic (exact) mass is 378 g/mol. The quantitative estimate of drug-likeness (QED) is 0.803. The molecular formula is C15H15ClF4N4O. The van der Waals surface area contributed by atoms with Crippen molar-refractivity contribution in [3.8, 4) is 5.69 Å². The van der Waals surface area contributed by atoms with Gasteiger partial charge in [-0.25, -0.2) is 9.07 Å². The second-order valence-corrected chi connectivity index (χ2v) is 5.50. The van der Waals surface area contributed by atoms with E-state index in [-0.39, 0.29) is 30.6 Å². The van der Waals surface area contributed by atoms with E-state index >= 15 is 0 Å². The summed E-state index contributed by atoms with van der Waals surface area (Å²) < 4.78 is 54.5. The van der Waals surface area contributed by atoms with Gasteiger partial charge in [0.1, 0.15) is 11.5 Å². The molecule has 0 radical (unpaired) electrons. The van der Waals surface area contributed by atoms with Crippen molar-refractivity contribution in [1.82, 2.24) is 20.4 Å². The Bertz CT molecular complexity index is 758. The maximum absolute atomic E-state index is 13.8. The lowest BCUT2D eigenvalue weighted by molar-refractivity contribution is -0.143. The van der Waals surface area contributed by atoms with Crippen LogP contribution in [0.1, 0.15) is 16.1 Å². The molecule has 1 saturated heterocycles. The van der Waals surface area contributed by atoms with E-state index in [1.54, 1.807) is 0 Å². The van der Waals surface area contributed by atoms with Crippen LogP contribution in [0.15, 0.2) is 30.5 Å². The van der Waals surface area contributed by atoms with Crippen LogP contribution in [-0.2, 0) is 6.18 Å². The number of carbonyl (C=O) groups excluding carboxylic acids is 1. The Hall–Kier alpha value is -2.13. The molecular weight excluding hydrogens is 364 g/mol. The van der Waals surface area contributed by atoms with Gasteiger partial charge in [-0.15, -0.1) is 12.4 Å². The van der Waals surface area contributed by atoms with Crippen molar-refractivity contribution in [1.29, 1.82) is 0 Å². The van der Waals surface area contributed by atoms with Crippen LogP contribution >= 0.6 is 12.4 Å². The number of hydrogen-bond donors (Lipinski definition) is 2. The largest absolute Gasteiger partial charge is 0.434 e. The minimum absolute atomic E-state index is 0. The Morgan fingerprint density at radius 3 is 2.56 bits per heavy atom. The maximum atomic E-state index is 13.8. The van der Waals surface area contributed by atoms with Crippen molar-refractivity contribution < 1.29 is 22.4 Å². The van der Waals surface area contributed by atoms with Crippen LogP contribution in [-0.4, -0.2) is 35.3 Å². The maximum Gasteiger partial charge on any atom is 0.434 e. The zero-order chi connectivity index (χ0) is 17.3. The van der Waals surface area contributed by atoms with Gasteiger partial charge in [-0.1, -0.05) is 12.1 Å². The fourth-order valence-electron chi connectivity index (χ4n) is 2.42. The first-order chi connectivity index (χ1) is 11.4. The number of amides is 1. The lowest BCUT2D eigenvalue weighted by Crippen LogP contribution is -2.48. The summed E-state index contributed by atoms with van der Waals surface area (Å²) in [6, 6.07) is 4.94. The molecule has 1 aromatic heterocycles. The molecule has 1 aliphatic heterocycles. The summed E-state index contributed by atoms with van der Waals surface area (Å²) in [6.07, 6.45) is -4.05. The van der Waals surface area contributed by atoms with Gasteiger partial charge in [-0.3, -0.25) is 4.79 Å². The van der Waals surface area contributed by atoms with Crippen LogP contribution in [0, 0.1) is 11.7 Å². The van der Waals surface area contributed by atoms with E-state index in [2.05, 4.69) is 15.7 Å². The Morgan fingerprint density at radius 1 is 1.32 bits per heavy atom. The van der Waals surface area contributed by atoms with Gasteiger partial charge in [0.05, 0.1) is 11.8 Å². The number of nitrogens with zero attached hydrogens (tertiary/aromatic N) is 2. The third-order valence-corrected chi connectivity index (χ3v) is 3.78. The molecule has 1 amide bonds. The highest BCUT2D eigenvalue weighted by Crippen LogP contribution is 2.34. The van der Waals surface area contributed by atoms with Crippen LogP contribution in [0.4, 0.5) is 17.6 Å². The molecule has 0 saturated carbocycles. The number of alkyl halides is 3. The molecule has 0 unspecified atom stereocenters. The Morgan fingerprint density at radius 2 is 2.00 bits per heavy atom. The van der Waals surface area contributed by atoms with Crippen molar-refractivity contribution in [2.24, 2.45) is 5.92 Å². The lowest BCUT2D eigenvalue weighted by Gasteiger charge is -2.27. The third-order valence-electron chi connectivity index (χ3n) is 3.78. The molecule has 136 valence electrons. The predicted molar refractivity (Wildman–Crippen MR) is 84.5 cm³/mol. The second kappa shape index (κ2) is 7.40. The van der Waals surface area contributed by atoms with E-state index in [1.165, 1.54) is 18.2 Å². The summed E-state index contributed by atoms with van der Waals surface area (Å²) in [4.78, 5) is 12.1. The van der Waals surface area contributed by atoms with Crippen molar-refractivity contribution in [3.63, 3.8) is 0 Å². The van der Waals surface area contributed by atoms with Crippen molar-refractivity contribution in [2.45, 2.75) is 6.18 Å². The summed E-state index contributed by atoms with van der Waals surface area (Å²) >= 11 is 0. The van der Waals surface area contributed by atoms with Gasteiger partial charge in [-0.2, -0.15) is 18.3 Å². The summed E-state index contributed by atoms with van der Waals surface area (Å²) in [6.45, 7) is 1.69. The zero-order valence-electron chi connectivity index (χ0n) is 12.8. The molecule has 1 fully saturated rings. The first kappa shape index (κ1) is 19.2. The smallest absolute Gasteiger partial charge is 0.352 e. The fourth-order valence-corrected chi connectivity index (χ4v) is 2.42. The van der Waals surface area contributed by atoms with Gasteiger partial charge >= 0.3 is 6.18 Å². The average Bonchev–Trinajstić information content (AvgIpc) is 2.90. The number of nitrogens with one attached hydrogen (secondary N) is 2.